The van der Waals surface area contributed by atoms with Crippen molar-refractivity contribution in [3.05, 3.63) is 28.3 Å². The van der Waals surface area contributed by atoms with Gasteiger partial charge >= 0.3 is 5.69 Å². The monoisotopic (exact) mass is 318 g/mol. The smallest absolute Gasteiger partial charge is 0.314 e. The summed E-state index contributed by atoms with van der Waals surface area (Å²) in [5.41, 5.74) is -0.213. The van der Waals surface area contributed by atoms with E-state index in [1.54, 1.807) is 0 Å². The maximum Gasteiger partial charge on any atom is 0.314 e. The van der Waals surface area contributed by atoms with Crippen LogP contribution in [0.15, 0.2) is 18.2 Å². The van der Waals surface area contributed by atoms with Crippen LogP contribution in [0.4, 0.5) is 5.69 Å². The number of methoxy groups -OCH3 is 1. The number of rotatable bonds is 8. The van der Waals surface area contributed by atoms with Crippen LogP contribution in [0.1, 0.15) is 13.3 Å². The maximum atomic E-state index is 11.1. The molecule has 1 aromatic carbocycles. The first-order valence-corrected chi connectivity index (χ1v) is 7.94. The predicted octanol–water partition coefficient (Wildman–Crippen LogP) is 1.30. The SMILES string of the molecule is CCC(COc1ccc(OC)c([N+](=O)[O-])c1)CS(N)(=O)=O. The molecule has 0 radical (unpaired) electrons. The minimum atomic E-state index is -3.58. The largest absolute Gasteiger partial charge is 0.493 e. The van der Waals surface area contributed by atoms with Gasteiger partial charge in [0.25, 0.3) is 0 Å². The van der Waals surface area contributed by atoms with Gasteiger partial charge in [0.05, 0.1) is 30.5 Å². The van der Waals surface area contributed by atoms with Gasteiger partial charge in [0.1, 0.15) is 5.75 Å². The van der Waals surface area contributed by atoms with Gasteiger partial charge in [-0.15, -0.1) is 0 Å². The van der Waals surface area contributed by atoms with E-state index in [2.05, 4.69) is 0 Å². The van der Waals surface area contributed by atoms with Crippen molar-refractivity contribution in [3.8, 4) is 11.5 Å². The van der Waals surface area contributed by atoms with Gasteiger partial charge in [-0.05, 0) is 18.6 Å². The van der Waals surface area contributed by atoms with E-state index in [4.69, 9.17) is 14.6 Å². The van der Waals surface area contributed by atoms with Crippen LogP contribution in [0.25, 0.3) is 0 Å². The van der Waals surface area contributed by atoms with E-state index in [-0.39, 0.29) is 35.5 Å². The van der Waals surface area contributed by atoms with E-state index in [9.17, 15) is 18.5 Å². The number of ether oxygens (including phenoxy) is 2. The molecule has 8 nitrogen and oxygen atoms in total. The number of sulfonamides is 1. The van der Waals surface area contributed by atoms with Crippen molar-refractivity contribution < 1.29 is 22.8 Å². The molecule has 0 aliphatic carbocycles. The first-order chi connectivity index (χ1) is 9.76. The van der Waals surface area contributed by atoms with E-state index in [1.807, 2.05) is 6.92 Å². The highest BCUT2D eigenvalue weighted by Crippen LogP contribution is 2.31. The van der Waals surface area contributed by atoms with Crippen molar-refractivity contribution in [1.82, 2.24) is 0 Å². The third-order valence-corrected chi connectivity index (χ3v) is 3.81. The summed E-state index contributed by atoms with van der Waals surface area (Å²) >= 11 is 0. The number of benzene rings is 1. The van der Waals surface area contributed by atoms with Crippen molar-refractivity contribution in [3.63, 3.8) is 0 Å². The van der Waals surface area contributed by atoms with Crippen LogP contribution in [0.2, 0.25) is 0 Å². The van der Waals surface area contributed by atoms with Crippen LogP contribution in [0.3, 0.4) is 0 Å². The predicted molar refractivity (Wildman–Crippen MR) is 76.9 cm³/mol. The molecule has 0 amide bonds. The van der Waals surface area contributed by atoms with E-state index >= 15 is 0 Å². The van der Waals surface area contributed by atoms with Crippen LogP contribution in [0, 0.1) is 16.0 Å². The zero-order chi connectivity index (χ0) is 16.0. The summed E-state index contributed by atoms with van der Waals surface area (Å²) < 4.78 is 32.4. The zero-order valence-corrected chi connectivity index (χ0v) is 12.6. The second kappa shape index (κ2) is 7.23. The number of nitro groups is 1. The van der Waals surface area contributed by atoms with E-state index < -0.39 is 14.9 Å². The van der Waals surface area contributed by atoms with Gasteiger partial charge in [-0.25, -0.2) is 13.6 Å². The first-order valence-electron chi connectivity index (χ1n) is 6.22. The quantitative estimate of drug-likeness (QED) is 0.569. The summed E-state index contributed by atoms with van der Waals surface area (Å²) in [7, 11) is -2.24. The van der Waals surface area contributed by atoms with E-state index in [0.29, 0.717) is 6.42 Å². The molecular formula is C12H18N2O6S. The van der Waals surface area contributed by atoms with Gasteiger partial charge in [-0.1, -0.05) is 6.92 Å². The Kier molecular flexibility index (Phi) is 5.91. The average molecular weight is 318 g/mol. The second-order valence-corrected chi connectivity index (χ2v) is 6.16. The molecule has 0 bridgehead atoms. The van der Waals surface area contributed by atoms with Crippen LogP contribution >= 0.6 is 0 Å². The minimum absolute atomic E-state index is 0.108. The molecule has 1 rings (SSSR count). The number of nitrogens with zero attached hydrogens (tertiary/aromatic N) is 1. The second-order valence-electron chi connectivity index (χ2n) is 4.51. The molecule has 21 heavy (non-hydrogen) atoms. The molecule has 9 heteroatoms. The summed E-state index contributed by atoms with van der Waals surface area (Å²) in [4.78, 5) is 10.3. The van der Waals surface area contributed by atoms with Crippen molar-refractivity contribution in [2.45, 2.75) is 13.3 Å². The molecule has 1 unspecified atom stereocenters. The maximum absolute atomic E-state index is 11.1. The minimum Gasteiger partial charge on any atom is -0.493 e. The average Bonchev–Trinajstić information content (AvgIpc) is 2.41. The molecule has 0 aliphatic heterocycles. The fourth-order valence-electron chi connectivity index (χ4n) is 1.73. The number of hydrogen-bond donors (Lipinski definition) is 1. The molecule has 1 aromatic rings. The molecule has 0 aromatic heterocycles. The van der Waals surface area contributed by atoms with Crippen LogP contribution < -0.4 is 14.6 Å². The van der Waals surface area contributed by atoms with E-state index in [1.165, 1.54) is 25.3 Å². The number of nitrogens with two attached hydrogens (primary N) is 1. The Morgan fingerprint density at radius 2 is 2.10 bits per heavy atom. The number of hydrogen-bond acceptors (Lipinski definition) is 6. The molecule has 118 valence electrons. The molecule has 0 heterocycles. The molecule has 0 saturated carbocycles. The fraction of sp³-hybridized carbons (Fsp3) is 0.500. The van der Waals surface area contributed by atoms with Crippen molar-refractivity contribution >= 4 is 15.7 Å². The van der Waals surface area contributed by atoms with Gasteiger partial charge in [0.2, 0.25) is 10.0 Å². The van der Waals surface area contributed by atoms with E-state index in [0.717, 1.165) is 0 Å². The zero-order valence-electron chi connectivity index (χ0n) is 11.8. The Balaban J connectivity index is 2.79. The van der Waals surface area contributed by atoms with Gasteiger partial charge in [-0.3, -0.25) is 10.1 Å². The number of nitro benzene ring substituents is 1. The summed E-state index contributed by atoms with van der Waals surface area (Å²) in [5.74, 6) is -0.0673. The van der Waals surface area contributed by atoms with Gasteiger partial charge < -0.3 is 9.47 Å². The first kappa shape index (κ1) is 17.2. The summed E-state index contributed by atoms with van der Waals surface area (Å²) in [5, 5.41) is 15.9. The third kappa shape index (κ3) is 5.56. The van der Waals surface area contributed by atoms with Crippen LogP contribution in [-0.2, 0) is 10.0 Å². The summed E-state index contributed by atoms with van der Waals surface area (Å²) in [6.45, 7) is 1.92. The highest BCUT2D eigenvalue weighted by Gasteiger charge is 2.18. The summed E-state index contributed by atoms with van der Waals surface area (Å²) in [6.07, 6.45) is 0.564. The topological polar surface area (TPSA) is 122 Å². The Morgan fingerprint density at radius 1 is 1.43 bits per heavy atom. The van der Waals surface area contributed by atoms with Gasteiger partial charge in [-0.2, -0.15) is 0 Å². The highest BCUT2D eigenvalue weighted by atomic mass is 32.2. The van der Waals surface area contributed by atoms with Crippen LogP contribution in [-0.4, -0.2) is 32.8 Å². The molecule has 0 saturated heterocycles. The lowest BCUT2D eigenvalue weighted by Gasteiger charge is -2.15. The van der Waals surface area contributed by atoms with Gasteiger partial charge in [0.15, 0.2) is 5.75 Å². The van der Waals surface area contributed by atoms with Crippen LogP contribution in [0.5, 0.6) is 11.5 Å². The molecule has 0 aliphatic rings. The molecular weight excluding hydrogens is 300 g/mol. The Bertz CT molecular complexity index is 602. The summed E-state index contributed by atoms with van der Waals surface area (Å²) in [6, 6.07) is 4.19. The van der Waals surface area contributed by atoms with Crippen molar-refractivity contribution in [1.29, 1.82) is 0 Å². The molecule has 2 N–H and O–H groups in total. The Hall–Kier alpha value is -1.87. The van der Waals surface area contributed by atoms with Crippen molar-refractivity contribution in [2.75, 3.05) is 19.5 Å². The lowest BCUT2D eigenvalue weighted by molar-refractivity contribution is -0.385. The molecule has 0 spiro atoms. The van der Waals surface area contributed by atoms with Gasteiger partial charge in [0, 0.05) is 5.92 Å². The normalized spacial score (nSPS) is 12.7. The molecule has 0 fully saturated rings. The fourth-order valence-corrected chi connectivity index (χ4v) is 2.72. The standard InChI is InChI=1S/C12H18N2O6S/c1-3-9(8-21(13,17)18)7-20-10-4-5-12(19-2)11(6-10)14(15)16/h4-6,9H,3,7-8H2,1-2H3,(H2,13,17,18). The Labute approximate surface area is 123 Å². The highest BCUT2D eigenvalue weighted by molar-refractivity contribution is 7.89. The lowest BCUT2D eigenvalue weighted by Crippen LogP contribution is -2.26. The Morgan fingerprint density at radius 3 is 2.57 bits per heavy atom. The lowest BCUT2D eigenvalue weighted by atomic mass is 10.1. The number of primary sulfonamides is 1. The van der Waals surface area contributed by atoms with Crippen molar-refractivity contribution in [2.24, 2.45) is 11.1 Å². The molecule has 1 atom stereocenters. The third-order valence-electron chi connectivity index (χ3n) is 2.88.